The van der Waals surface area contributed by atoms with Crippen molar-refractivity contribution >= 4 is 0 Å². The van der Waals surface area contributed by atoms with Gasteiger partial charge in [0, 0.05) is 38.9 Å². The summed E-state index contributed by atoms with van der Waals surface area (Å²) in [4.78, 5) is 6.89. The lowest BCUT2D eigenvalue weighted by Gasteiger charge is -2.32. The lowest BCUT2D eigenvalue weighted by Crippen LogP contribution is -2.35. The topological polar surface area (TPSA) is 43.4 Å². The maximum absolute atomic E-state index is 5.68. The average molecular weight is 275 g/mol. The van der Waals surface area contributed by atoms with Crippen LogP contribution >= 0.6 is 0 Å². The molecule has 1 atom stereocenters. The third-order valence-electron chi connectivity index (χ3n) is 3.84. The van der Waals surface area contributed by atoms with Crippen LogP contribution in [0.4, 0.5) is 0 Å². The molecule has 5 nitrogen and oxygen atoms in total. The zero-order valence-corrected chi connectivity index (χ0v) is 12.3. The van der Waals surface area contributed by atoms with Crippen molar-refractivity contribution < 1.29 is 9.15 Å². The lowest BCUT2D eigenvalue weighted by molar-refractivity contribution is 0.128. The fourth-order valence-corrected chi connectivity index (χ4v) is 3.05. The highest BCUT2D eigenvalue weighted by molar-refractivity contribution is 5.22. The van der Waals surface area contributed by atoms with Gasteiger partial charge in [-0.2, -0.15) is 0 Å². The first kappa shape index (κ1) is 13.4. The quantitative estimate of drug-likeness (QED) is 0.856. The Morgan fingerprint density at radius 2 is 2.30 bits per heavy atom. The Labute approximate surface area is 119 Å². The monoisotopic (exact) mass is 275 g/mol. The summed E-state index contributed by atoms with van der Waals surface area (Å²) in [5, 5.41) is 0. The van der Waals surface area contributed by atoms with Crippen molar-refractivity contribution in [1.82, 2.24) is 14.5 Å². The SMILES string of the molecule is COCC1CN(Cc2ccc(C)o2)Cc2ncn(C)c21. The third-order valence-corrected chi connectivity index (χ3v) is 3.84. The van der Waals surface area contributed by atoms with Gasteiger partial charge in [-0.05, 0) is 19.1 Å². The summed E-state index contributed by atoms with van der Waals surface area (Å²) >= 11 is 0. The van der Waals surface area contributed by atoms with Crippen molar-refractivity contribution in [2.75, 3.05) is 20.3 Å². The van der Waals surface area contributed by atoms with E-state index in [4.69, 9.17) is 9.15 Å². The smallest absolute Gasteiger partial charge is 0.118 e. The van der Waals surface area contributed by atoms with E-state index in [1.54, 1.807) is 7.11 Å². The minimum absolute atomic E-state index is 0.368. The molecule has 1 unspecified atom stereocenters. The molecule has 3 heterocycles. The zero-order valence-electron chi connectivity index (χ0n) is 12.3. The maximum atomic E-state index is 5.68. The normalized spacial score (nSPS) is 19.2. The molecule has 0 aromatic carbocycles. The van der Waals surface area contributed by atoms with Gasteiger partial charge in [-0.15, -0.1) is 0 Å². The van der Waals surface area contributed by atoms with Gasteiger partial charge in [-0.25, -0.2) is 4.98 Å². The molecule has 0 fully saturated rings. The summed E-state index contributed by atoms with van der Waals surface area (Å²) in [6.45, 7) is 5.37. The summed E-state index contributed by atoms with van der Waals surface area (Å²) in [5.74, 6) is 2.34. The molecule has 3 rings (SSSR count). The third kappa shape index (κ3) is 2.51. The number of methoxy groups -OCH3 is 1. The molecular formula is C15H21N3O2. The van der Waals surface area contributed by atoms with Crippen LogP contribution in [0.5, 0.6) is 0 Å². The number of hydrogen-bond donors (Lipinski definition) is 0. The number of aromatic nitrogens is 2. The van der Waals surface area contributed by atoms with Crippen LogP contribution in [0.1, 0.15) is 28.8 Å². The van der Waals surface area contributed by atoms with Crippen molar-refractivity contribution in [3.63, 3.8) is 0 Å². The standard InChI is InChI=1S/C15H21N3O2/c1-11-4-5-13(20-11)7-18-6-12(9-19-3)15-14(8-18)16-10-17(15)2/h4-5,10,12H,6-9H2,1-3H3. The van der Waals surface area contributed by atoms with Crippen LogP contribution in [-0.2, 0) is 24.9 Å². The highest BCUT2D eigenvalue weighted by Gasteiger charge is 2.29. The Hall–Kier alpha value is -1.59. The van der Waals surface area contributed by atoms with Crippen LogP contribution in [0.15, 0.2) is 22.9 Å². The maximum Gasteiger partial charge on any atom is 0.118 e. The van der Waals surface area contributed by atoms with E-state index in [1.165, 1.54) is 5.69 Å². The average Bonchev–Trinajstić information content (AvgIpc) is 2.97. The second kappa shape index (κ2) is 5.42. The van der Waals surface area contributed by atoms with Crippen LogP contribution in [0.25, 0.3) is 0 Å². The van der Waals surface area contributed by atoms with Gasteiger partial charge < -0.3 is 13.7 Å². The molecule has 0 spiro atoms. The molecule has 2 aromatic rings. The van der Waals surface area contributed by atoms with Gasteiger partial charge >= 0.3 is 0 Å². The van der Waals surface area contributed by atoms with Crippen LogP contribution in [-0.4, -0.2) is 34.7 Å². The van der Waals surface area contributed by atoms with Gasteiger partial charge in [0.2, 0.25) is 0 Å². The Morgan fingerprint density at radius 1 is 1.45 bits per heavy atom. The molecule has 2 aromatic heterocycles. The molecule has 1 aliphatic heterocycles. The number of furan rings is 1. The van der Waals surface area contributed by atoms with Gasteiger partial charge in [-0.1, -0.05) is 0 Å². The fourth-order valence-electron chi connectivity index (χ4n) is 3.05. The molecule has 20 heavy (non-hydrogen) atoms. The predicted octanol–water partition coefficient (Wildman–Crippen LogP) is 2.07. The van der Waals surface area contributed by atoms with E-state index < -0.39 is 0 Å². The Bertz CT molecular complexity index is 588. The number of nitrogens with zero attached hydrogens (tertiary/aromatic N) is 3. The van der Waals surface area contributed by atoms with Gasteiger partial charge in [0.1, 0.15) is 11.5 Å². The number of ether oxygens (including phenoxy) is 1. The van der Waals surface area contributed by atoms with E-state index >= 15 is 0 Å². The molecule has 0 N–H and O–H groups in total. The summed E-state index contributed by atoms with van der Waals surface area (Å²) in [6.07, 6.45) is 1.90. The number of imidazole rings is 1. The molecule has 108 valence electrons. The molecule has 0 bridgehead atoms. The second-order valence-electron chi connectivity index (χ2n) is 5.52. The fraction of sp³-hybridized carbons (Fsp3) is 0.533. The molecule has 0 aliphatic carbocycles. The number of aryl methyl sites for hydroxylation is 2. The van der Waals surface area contributed by atoms with Gasteiger partial charge in [0.05, 0.1) is 25.2 Å². The van der Waals surface area contributed by atoms with Crippen molar-refractivity contribution in [1.29, 1.82) is 0 Å². The Balaban J connectivity index is 1.79. The first-order valence-corrected chi connectivity index (χ1v) is 6.94. The predicted molar refractivity (Wildman–Crippen MR) is 75.4 cm³/mol. The summed E-state index contributed by atoms with van der Waals surface area (Å²) in [5.41, 5.74) is 2.46. The molecule has 0 radical (unpaired) electrons. The van der Waals surface area contributed by atoms with Crippen LogP contribution in [0.3, 0.4) is 0 Å². The minimum Gasteiger partial charge on any atom is -0.465 e. The van der Waals surface area contributed by atoms with E-state index in [-0.39, 0.29) is 0 Å². The highest BCUT2D eigenvalue weighted by Crippen LogP contribution is 2.28. The zero-order chi connectivity index (χ0) is 14.1. The summed E-state index contributed by atoms with van der Waals surface area (Å²) < 4.78 is 13.2. The highest BCUT2D eigenvalue weighted by atomic mass is 16.5. The number of hydrogen-bond acceptors (Lipinski definition) is 4. The summed E-state index contributed by atoms with van der Waals surface area (Å²) in [6, 6.07) is 4.06. The number of rotatable bonds is 4. The molecule has 0 saturated heterocycles. The van der Waals surface area contributed by atoms with E-state index in [2.05, 4.69) is 27.6 Å². The molecule has 5 heteroatoms. The van der Waals surface area contributed by atoms with E-state index in [0.29, 0.717) is 5.92 Å². The van der Waals surface area contributed by atoms with Crippen molar-refractivity contribution in [2.45, 2.75) is 25.9 Å². The number of fused-ring (bicyclic) bond motifs is 1. The molecule has 0 amide bonds. The first-order valence-electron chi connectivity index (χ1n) is 6.94. The largest absolute Gasteiger partial charge is 0.465 e. The van der Waals surface area contributed by atoms with Crippen molar-refractivity contribution in [2.24, 2.45) is 7.05 Å². The molecular weight excluding hydrogens is 254 g/mol. The van der Waals surface area contributed by atoms with Crippen LogP contribution < -0.4 is 0 Å². The van der Waals surface area contributed by atoms with E-state index in [0.717, 1.165) is 43.5 Å². The Morgan fingerprint density at radius 3 is 3.00 bits per heavy atom. The molecule has 1 aliphatic rings. The van der Waals surface area contributed by atoms with Gasteiger partial charge in [-0.3, -0.25) is 4.90 Å². The summed E-state index contributed by atoms with van der Waals surface area (Å²) in [7, 11) is 3.81. The second-order valence-corrected chi connectivity index (χ2v) is 5.52. The lowest BCUT2D eigenvalue weighted by atomic mass is 9.99. The van der Waals surface area contributed by atoms with Crippen LogP contribution in [0, 0.1) is 6.92 Å². The van der Waals surface area contributed by atoms with Crippen molar-refractivity contribution in [3.05, 3.63) is 41.4 Å². The van der Waals surface area contributed by atoms with Crippen molar-refractivity contribution in [3.8, 4) is 0 Å². The van der Waals surface area contributed by atoms with E-state index in [9.17, 15) is 0 Å². The van der Waals surface area contributed by atoms with Gasteiger partial charge in [0.15, 0.2) is 0 Å². The Kier molecular flexibility index (Phi) is 3.63. The van der Waals surface area contributed by atoms with Gasteiger partial charge in [0.25, 0.3) is 0 Å². The first-order chi connectivity index (χ1) is 9.67. The van der Waals surface area contributed by atoms with E-state index in [1.807, 2.05) is 19.3 Å². The minimum atomic E-state index is 0.368. The van der Waals surface area contributed by atoms with Crippen LogP contribution in [0.2, 0.25) is 0 Å². The molecule has 0 saturated carbocycles.